The van der Waals surface area contributed by atoms with Crippen LogP contribution < -0.4 is 5.43 Å². The van der Waals surface area contributed by atoms with Crippen molar-refractivity contribution in [2.45, 2.75) is 6.42 Å². The van der Waals surface area contributed by atoms with Crippen LogP contribution in [0.15, 0.2) is 50.4 Å². The van der Waals surface area contributed by atoms with Crippen LogP contribution in [0.1, 0.15) is 11.1 Å². The number of rotatable bonds is 5. The molecule has 0 radical (unpaired) electrons. The maximum absolute atomic E-state index is 11.8. The Labute approximate surface area is 153 Å². The van der Waals surface area contributed by atoms with Gasteiger partial charge in [-0.15, -0.1) is 0 Å². The third-order valence-electron chi connectivity index (χ3n) is 2.95. The number of hydrogen-bond donors (Lipinski definition) is 2. The molecule has 0 bridgehead atoms. The van der Waals surface area contributed by atoms with Crippen LogP contribution in [0.3, 0.4) is 0 Å². The van der Waals surface area contributed by atoms with E-state index in [0.717, 1.165) is 0 Å². The Kier molecular flexibility index (Phi) is 6.04. The van der Waals surface area contributed by atoms with Crippen LogP contribution in [0.4, 0.5) is 5.69 Å². The number of carbonyl (C=O) groups excluding carboxylic acids is 1. The average molecular weight is 457 g/mol. The number of amides is 1. The molecule has 24 heavy (non-hydrogen) atoms. The van der Waals surface area contributed by atoms with E-state index < -0.39 is 4.92 Å². The number of carbonyl (C=O) groups is 1. The lowest BCUT2D eigenvalue weighted by Crippen LogP contribution is -2.19. The van der Waals surface area contributed by atoms with Gasteiger partial charge < -0.3 is 5.11 Å². The summed E-state index contributed by atoms with van der Waals surface area (Å²) in [5.41, 5.74) is 3.66. The number of benzene rings is 2. The predicted octanol–water partition coefficient (Wildman–Crippen LogP) is 3.52. The molecular formula is C15H11Br2N3O4. The highest BCUT2D eigenvalue weighted by molar-refractivity contribution is 9.11. The van der Waals surface area contributed by atoms with E-state index >= 15 is 0 Å². The van der Waals surface area contributed by atoms with Gasteiger partial charge in [0.1, 0.15) is 5.75 Å². The highest BCUT2D eigenvalue weighted by Crippen LogP contribution is 2.32. The summed E-state index contributed by atoms with van der Waals surface area (Å²) in [7, 11) is 0. The predicted molar refractivity (Wildman–Crippen MR) is 96.0 cm³/mol. The molecular weight excluding hydrogens is 446 g/mol. The van der Waals surface area contributed by atoms with Crippen LogP contribution in [0, 0.1) is 10.1 Å². The summed E-state index contributed by atoms with van der Waals surface area (Å²) in [6.45, 7) is 0. The van der Waals surface area contributed by atoms with Gasteiger partial charge in [-0.2, -0.15) is 5.10 Å². The lowest BCUT2D eigenvalue weighted by atomic mass is 10.1. The molecule has 0 saturated carbocycles. The SMILES string of the molecule is O=C(Cc1ccc([N+](=O)[O-])cc1)N/N=C\c1cc(Br)c(O)c(Br)c1. The van der Waals surface area contributed by atoms with Crippen LogP contribution in [-0.4, -0.2) is 22.2 Å². The maximum atomic E-state index is 11.8. The van der Waals surface area contributed by atoms with Crippen molar-refractivity contribution in [1.82, 2.24) is 5.43 Å². The highest BCUT2D eigenvalue weighted by atomic mass is 79.9. The molecule has 0 saturated heterocycles. The van der Waals surface area contributed by atoms with E-state index in [2.05, 4.69) is 42.4 Å². The molecule has 0 aliphatic rings. The number of phenolic OH excluding ortho intramolecular Hbond substituents is 1. The van der Waals surface area contributed by atoms with Crippen molar-refractivity contribution in [3.05, 3.63) is 66.6 Å². The van der Waals surface area contributed by atoms with Gasteiger partial charge in [-0.1, -0.05) is 12.1 Å². The minimum Gasteiger partial charge on any atom is -0.506 e. The van der Waals surface area contributed by atoms with Crippen LogP contribution in [0.2, 0.25) is 0 Å². The van der Waals surface area contributed by atoms with Crippen molar-refractivity contribution in [3.8, 4) is 5.75 Å². The van der Waals surface area contributed by atoms with Gasteiger partial charge >= 0.3 is 0 Å². The van der Waals surface area contributed by atoms with Crippen molar-refractivity contribution < 1.29 is 14.8 Å². The van der Waals surface area contributed by atoms with Crippen molar-refractivity contribution in [2.24, 2.45) is 5.10 Å². The summed E-state index contributed by atoms with van der Waals surface area (Å²) in [4.78, 5) is 21.9. The summed E-state index contributed by atoms with van der Waals surface area (Å²) in [6.07, 6.45) is 1.49. The number of non-ortho nitro benzene ring substituents is 1. The average Bonchev–Trinajstić information content (AvgIpc) is 2.53. The second kappa shape index (κ2) is 8.02. The molecule has 2 N–H and O–H groups in total. The van der Waals surface area contributed by atoms with Crippen molar-refractivity contribution in [2.75, 3.05) is 0 Å². The van der Waals surface area contributed by atoms with Crippen molar-refractivity contribution >= 4 is 49.7 Å². The molecule has 0 fully saturated rings. The number of hydrogen-bond acceptors (Lipinski definition) is 5. The van der Waals surface area contributed by atoms with Crippen molar-refractivity contribution in [1.29, 1.82) is 0 Å². The molecule has 0 spiro atoms. The summed E-state index contributed by atoms with van der Waals surface area (Å²) < 4.78 is 0.992. The van der Waals surface area contributed by atoms with Gasteiger partial charge in [0, 0.05) is 12.1 Å². The maximum Gasteiger partial charge on any atom is 0.269 e. The largest absolute Gasteiger partial charge is 0.506 e. The molecule has 2 rings (SSSR count). The summed E-state index contributed by atoms with van der Waals surface area (Å²) in [5.74, 6) is -0.272. The summed E-state index contributed by atoms with van der Waals surface area (Å²) in [6, 6.07) is 9.03. The molecule has 0 aliphatic carbocycles. The number of nitro benzene ring substituents is 1. The zero-order valence-corrected chi connectivity index (χ0v) is 15.2. The Bertz CT molecular complexity index is 784. The standard InChI is InChI=1S/C15H11Br2N3O4/c16-12-5-10(6-13(17)15(12)22)8-18-19-14(21)7-9-1-3-11(4-2-9)20(23)24/h1-6,8,22H,7H2,(H,19,21)/b18-8-. The lowest BCUT2D eigenvalue weighted by molar-refractivity contribution is -0.384. The lowest BCUT2D eigenvalue weighted by Gasteiger charge is -2.03. The normalized spacial score (nSPS) is 10.8. The number of nitrogens with zero attached hydrogens (tertiary/aromatic N) is 2. The smallest absolute Gasteiger partial charge is 0.269 e. The van der Waals surface area contributed by atoms with Gasteiger partial charge in [-0.05, 0) is 55.1 Å². The Balaban J connectivity index is 1.94. The van der Waals surface area contributed by atoms with Gasteiger partial charge in [0.2, 0.25) is 5.91 Å². The number of nitrogens with one attached hydrogen (secondary N) is 1. The second-order valence-electron chi connectivity index (χ2n) is 4.73. The molecule has 9 heteroatoms. The monoisotopic (exact) mass is 455 g/mol. The first-order chi connectivity index (χ1) is 11.4. The molecule has 0 atom stereocenters. The first kappa shape index (κ1) is 18.1. The number of halogens is 2. The van der Waals surface area contributed by atoms with Gasteiger partial charge in [-0.25, -0.2) is 5.43 Å². The molecule has 2 aromatic carbocycles. The number of phenols is 1. The van der Waals surface area contributed by atoms with Crippen LogP contribution >= 0.6 is 31.9 Å². The number of aromatic hydroxyl groups is 1. The van der Waals surface area contributed by atoms with Gasteiger partial charge in [0.15, 0.2) is 0 Å². The van der Waals surface area contributed by atoms with E-state index in [-0.39, 0.29) is 23.8 Å². The third kappa shape index (κ3) is 4.87. The van der Waals surface area contributed by atoms with Gasteiger partial charge in [0.05, 0.1) is 26.5 Å². The first-order valence-electron chi connectivity index (χ1n) is 6.60. The summed E-state index contributed by atoms with van der Waals surface area (Å²) in [5, 5.41) is 24.0. The van der Waals surface area contributed by atoms with Crippen LogP contribution in [-0.2, 0) is 11.2 Å². The zero-order chi connectivity index (χ0) is 17.7. The fourth-order valence-electron chi connectivity index (χ4n) is 1.80. The van der Waals surface area contributed by atoms with E-state index in [0.29, 0.717) is 20.1 Å². The fourth-order valence-corrected chi connectivity index (χ4v) is 3.02. The molecule has 0 aromatic heterocycles. The van der Waals surface area contributed by atoms with E-state index in [1.165, 1.54) is 30.5 Å². The number of nitro groups is 1. The Hall–Kier alpha value is -2.26. The zero-order valence-electron chi connectivity index (χ0n) is 12.1. The van der Waals surface area contributed by atoms with E-state index in [1.54, 1.807) is 12.1 Å². The Morgan fingerprint density at radius 2 is 1.83 bits per heavy atom. The molecule has 0 aliphatic heterocycles. The van der Waals surface area contributed by atoms with E-state index in [9.17, 15) is 20.0 Å². The Morgan fingerprint density at radius 1 is 1.25 bits per heavy atom. The Morgan fingerprint density at radius 3 is 2.38 bits per heavy atom. The van der Waals surface area contributed by atoms with E-state index in [4.69, 9.17) is 0 Å². The van der Waals surface area contributed by atoms with Crippen LogP contribution in [0.5, 0.6) is 5.75 Å². The first-order valence-corrected chi connectivity index (χ1v) is 8.18. The fraction of sp³-hybridized carbons (Fsp3) is 0.0667. The summed E-state index contributed by atoms with van der Waals surface area (Å²) >= 11 is 6.40. The van der Waals surface area contributed by atoms with E-state index in [1.807, 2.05) is 0 Å². The molecule has 124 valence electrons. The second-order valence-corrected chi connectivity index (χ2v) is 6.44. The van der Waals surface area contributed by atoms with Crippen LogP contribution in [0.25, 0.3) is 0 Å². The van der Waals surface area contributed by atoms with Gasteiger partial charge in [-0.3, -0.25) is 14.9 Å². The quantitative estimate of drug-likeness (QED) is 0.408. The number of hydrazone groups is 1. The van der Waals surface area contributed by atoms with Gasteiger partial charge in [0.25, 0.3) is 5.69 Å². The molecule has 1 amide bonds. The van der Waals surface area contributed by atoms with Crippen molar-refractivity contribution in [3.63, 3.8) is 0 Å². The minimum absolute atomic E-state index is 0.0272. The topological polar surface area (TPSA) is 105 Å². The minimum atomic E-state index is -0.498. The highest BCUT2D eigenvalue weighted by Gasteiger charge is 2.07. The third-order valence-corrected chi connectivity index (χ3v) is 4.16. The molecule has 7 nitrogen and oxygen atoms in total. The molecule has 0 heterocycles. The molecule has 2 aromatic rings. The molecule has 0 unspecified atom stereocenters.